The number of amides is 1. The molecule has 0 aliphatic heterocycles. The number of hydrogen-bond donors (Lipinski definition) is 2. The smallest absolute Gasteiger partial charge is 0.228 e. The van der Waals surface area contributed by atoms with E-state index < -0.39 is 0 Å². The summed E-state index contributed by atoms with van der Waals surface area (Å²) >= 11 is 3.44. The molecular formula is C16H18BrN3O. The third-order valence-corrected chi connectivity index (χ3v) is 4.60. The molecule has 2 aromatic rings. The Hall–Kier alpha value is -1.62. The van der Waals surface area contributed by atoms with E-state index in [4.69, 9.17) is 5.73 Å². The maximum Gasteiger partial charge on any atom is 0.228 e. The molecule has 4 nitrogen and oxygen atoms in total. The molecule has 5 heteroatoms. The first-order valence-corrected chi connectivity index (χ1v) is 8.09. The number of nitrogen functional groups attached to an aromatic ring is 1. The molecule has 1 aliphatic carbocycles. The molecule has 0 atom stereocenters. The van der Waals surface area contributed by atoms with Crippen LogP contribution in [0, 0.1) is 5.92 Å². The molecule has 1 fully saturated rings. The molecule has 1 saturated carbocycles. The minimum absolute atomic E-state index is 0.0447. The minimum Gasteiger partial charge on any atom is -0.395 e. The number of halogens is 1. The number of hydrogen-bond acceptors (Lipinski definition) is 3. The second kappa shape index (κ2) is 6.02. The van der Waals surface area contributed by atoms with Gasteiger partial charge in [-0.25, -0.2) is 4.98 Å². The van der Waals surface area contributed by atoms with E-state index in [1.165, 1.54) is 6.42 Å². The van der Waals surface area contributed by atoms with E-state index in [2.05, 4.69) is 26.2 Å². The molecule has 21 heavy (non-hydrogen) atoms. The largest absolute Gasteiger partial charge is 0.395 e. The lowest BCUT2D eigenvalue weighted by atomic mass is 9.88. The number of aromatic nitrogens is 1. The number of nitrogens with two attached hydrogens (primary N) is 1. The fraction of sp³-hybridized carbons (Fsp3) is 0.375. The van der Waals surface area contributed by atoms with Crippen LogP contribution in [0.25, 0.3) is 10.8 Å². The third kappa shape index (κ3) is 3.02. The van der Waals surface area contributed by atoms with Gasteiger partial charge in [-0.1, -0.05) is 41.3 Å². The van der Waals surface area contributed by atoms with E-state index in [9.17, 15) is 4.79 Å². The van der Waals surface area contributed by atoms with Crippen LogP contribution in [-0.4, -0.2) is 10.9 Å². The second-order valence-corrected chi connectivity index (χ2v) is 6.49. The molecule has 0 unspecified atom stereocenters. The van der Waals surface area contributed by atoms with Gasteiger partial charge in [-0.15, -0.1) is 0 Å². The SMILES string of the molecule is Nc1c(NC(=O)C2CCCCC2)ncc2ccc(Br)cc12. The quantitative estimate of drug-likeness (QED) is 0.859. The average molecular weight is 348 g/mol. The number of fused-ring (bicyclic) bond motifs is 1. The highest BCUT2D eigenvalue weighted by molar-refractivity contribution is 9.10. The highest BCUT2D eigenvalue weighted by Crippen LogP contribution is 2.30. The molecule has 0 saturated heterocycles. The van der Waals surface area contributed by atoms with Crippen molar-refractivity contribution < 1.29 is 4.79 Å². The molecule has 0 bridgehead atoms. The van der Waals surface area contributed by atoms with Gasteiger partial charge in [0.2, 0.25) is 5.91 Å². The molecule has 0 radical (unpaired) electrons. The van der Waals surface area contributed by atoms with Crippen molar-refractivity contribution in [2.45, 2.75) is 32.1 Å². The fourth-order valence-corrected chi connectivity index (χ4v) is 3.25. The van der Waals surface area contributed by atoms with E-state index in [0.29, 0.717) is 11.5 Å². The van der Waals surface area contributed by atoms with Crippen LogP contribution in [0.15, 0.2) is 28.9 Å². The summed E-state index contributed by atoms with van der Waals surface area (Å²) in [4.78, 5) is 16.6. The Morgan fingerprint density at radius 1 is 1.29 bits per heavy atom. The van der Waals surface area contributed by atoms with Crippen molar-refractivity contribution in [1.82, 2.24) is 4.98 Å². The van der Waals surface area contributed by atoms with Crippen molar-refractivity contribution in [3.05, 3.63) is 28.9 Å². The zero-order valence-corrected chi connectivity index (χ0v) is 13.3. The predicted molar refractivity (Wildman–Crippen MR) is 89.1 cm³/mol. The van der Waals surface area contributed by atoms with Crippen molar-refractivity contribution in [3.63, 3.8) is 0 Å². The lowest BCUT2D eigenvalue weighted by Crippen LogP contribution is -2.25. The maximum atomic E-state index is 12.3. The lowest BCUT2D eigenvalue weighted by Gasteiger charge is -2.21. The Morgan fingerprint density at radius 3 is 2.81 bits per heavy atom. The molecule has 0 spiro atoms. The predicted octanol–water partition coefficient (Wildman–Crippen LogP) is 4.10. The molecule has 1 amide bonds. The van der Waals surface area contributed by atoms with Gasteiger partial charge in [0, 0.05) is 27.4 Å². The van der Waals surface area contributed by atoms with E-state index in [1.807, 2.05) is 18.2 Å². The highest BCUT2D eigenvalue weighted by Gasteiger charge is 2.22. The van der Waals surface area contributed by atoms with Gasteiger partial charge in [0.15, 0.2) is 5.82 Å². The van der Waals surface area contributed by atoms with Crippen molar-refractivity contribution in [2.75, 3.05) is 11.1 Å². The number of benzene rings is 1. The summed E-state index contributed by atoms with van der Waals surface area (Å²) < 4.78 is 0.956. The monoisotopic (exact) mass is 347 g/mol. The summed E-state index contributed by atoms with van der Waals surface area (Å²) in [5, 5.41) is 4.77. The van der Waals surface area contributed by atoms with Gasteiger partial charge in [-0.3, -0.25) is 4.79 Å². The summed E-state index contributed by atoms with van der Waals surface area (Å²) in [6.45, 7) is 0. The Kier molecular flexibility index (Phi) is 4.10. The van der Waals surface area contributed by atoms with E-state index >= 15 is 0 Å². The Labute approximate surface area is 132 Å². The molecule has 3 rings (SSSR count). The summed E-state index contributed by atoms with van der Waals surface area (Å²) in [5.74, 6) is 0.609. The molecule has 1 aromatic heterocycles. The number of nitrogens with zero attached hydrogens (tertiary/aromatic N) is 1. The molecule has 1 aromatic carbocycles. The first kappa shape index (κ1) is 14.3. The summed E-state index contributed by atoms with van der Waals surface area (Å²) in [6, 6.07) is 5.85. The van der Waals surface area contributed by atoms with E-state index in [1.54, 1.807) is 6.20 Å². The molecule has 3 N–H and O–H groups in total. The van der Waals surface area contributed by atoms with Crippen molar-refractivity contribution in [1.29, 1.82) is 0 Å². The summed E-state index contributed by atoms with van der Waals surface area (Å²) in [7, 11) is 0. The van der Waals surface area contributed by atoms with Crippen molar-refractivity contribution in [3.8, 4) is 0 Å². The van der Waals surface area contributed by atoms with E-state index in [0.717, 1.165) is 40.9 Å². The number of anilines is 2. The van der Waals surface area contributed by atoms with Crippen LogP contribution >= 0.6 is 15.9 Å². The molecular weight excluding hydrogens is 330 g/mol. The van der Waals surface area contributed by atoms with Gasteiger partial charge in [-0.2, -0.15) is 0 Å². The number of pyridine rings is 1. The van der Waals surface area contributed by atoms with Crippen LogP contribution in [-0.2, 0) is 4.79 Å². The van der Waals surface area contributed by atoms with Gasteiger partial charge in [0.05, 0.1) is 5.69 Å². The molecule has 110 valence electrons. The van der Waals surface area contributed by atoms with Crippen LogP contribution in [0.1, 0.15) is 32.1 Å². The summed E-state index contributed by atoms with van der Waals surface area (Å²) in [6.07, 6.45) is 7.16. The lowest BCUT2D eigenvalue weighted by molar-refractivity contribution is -0.120. The van der Waals surface area contributed by atoms with Crippen molar-refractivity contribution >= 4 is 44.1 Å². The summed E-state index contributed by atoms with van der Waals surface area (Å²) in [5.41, 5.74) is 6.69. The average Bonchev–Trinajstić information content (AvgIpc) is 2.51. The second-order valence-electron chi connectivity index (χ2n) is 5.58. The Morgan fingerprint density at radius 2 is 2.05 bits per heavy atom. The fourth-order valence-electron chi connectivity index (χ4n) is 2.89. The Balaban J connectivity index is 1.86. The number of rotatable bonds is 2. The number of carbonyl (C=O) groups is 1. The van der Waals surface area contributed by atoms with Gasteiger partial charge < -0.3 is 11.1 Å². The third-order valence-electron chi connectivity index (χ3n) is 4.11. The normalized spacial score (nSPS) is 16.0. The first-order chi connectivity index (χ1) is 10.1. The van der Waals surface area contributed by atoms with Crippen LogP contribution in [0.5, 0.6) is 0 Å². The maximum absolute atomic E-state index is 12.3. The van der Waals surface area contributed by atoms with E-state index in [-0.39, 0.29) is 11.8 Å². The van der Waals surface area contributed by atoms with Crippen LogP contribution in [0.2, 0.25) is 0 Å². The van der Waals surface area contributed by atoms with Crippen LogP contribution in [0.3, 0.4) is 0 Å². The first-order valence-electron chi connectivity index (χ1n) is 7.30. The zero-order chi connectivity index (χ0) is 14.8. The standard InChI is InChI=1S/C16H18BrN3O/c17-12-7-6-11-9-19-15(14(18)13(11)8-12)20-16(21)10-4-2-1-3-5-10/h6-10H,1-5,18H2,(H,19,20,21). The van der Waals surface area contributed by atoms with Crippen LogP contribution < -0.4 is 11.1 Å². The number of nitrogens with one attached hydrogen (secondary N) is 1. The highest BCUT2D eigenvalue weighted by atomic mass is 79.9. The Bertz CT molecular complexity index is 681. The van der Waals surface area contributed by atoms with Crippen molar-refractivity contribution in [2.24, 2.45) is 5.92 Å². The van der Waals surface area contributed by atoms with Gasteiger partial charge >= 0.3 is 0 Å². The van der Waals surface area contributed by atoms with Crippen LogP contribution in [0.4, 0.5) is 11.5 Å². The zero-order valence-electron chi connectivity index (χ0n) is 11.7. The van der Waals surface area contributed by atoms with Gasteiger partial charge in [-0.05, 0) is 25.0 Å². The number of carbonyl (C=O) groups excluding carboxylic acids is 1. The minimum atomic E-state index is 0.0447. The molecule has 1 aliphatic rings. The topological polar surface area (TPSA) is 68.0 Å². The molecule has 1 heterocycles. The van der Waals surface area contributed by atoms with Gasteiger partial charge in [0.25, 0.3) is 0 Å². The van der Waals surface area contributed by atoms with Gasteiger partial charge in [0.1, 0.15) is 0 Å².